The summed E-state index contributed by atoms with van der Waals surface area (Å²) in [4.78, 5) is 38.0. The number of piperidine rings is 1. The highest BCUT2D eigenvalue weighted by molar-refractivity contribution is 6.05. The second kappa shape index (κ2) is 7.66. The van der Waals surface area contributed by atoms with E-state index in [0.717, 1.165) is 36.3 Å². The zero-order valence-corrected chi connectivity index (χ0v) is 16.6. The molecular weight excluding hydrogens is 384 g/mol. The number of amides is 3. The highest BCUT2D eigenvalue weighted by Gasteiger charge is 2.39. The van der Waals surface area contributed by atoms with Gasteiger partial charge in [0.05, 0.1) is 5.69 Å². The Bertz CT molecular complexity index is 1030. The van der Waals surface area contributed by atoms with Gasteiger partial charge in [-0.3, -0.25) is 24.8 Å². The summed E-state index contributed by atoms with van der Waals surface area (Å²) in [5, 5.41) is 16.7. The van der Waals surface area contributed by atoms with Gasteiger partial charge in [-0.1, -0.05) is 12.1 Å². The molecule has 9 heteroatoms. The number of hydrogen-bond donors (Lipinski definition) is 4. The van der Waals surface area contributed by atoms with Crippen LogP contribution in [0.4, 0.5) is 0 Å². The number of rotatable bonds is 5. The lowest BCUT2D eigenvalue weighted by Crippen LogP contribution is -2.52. The largest absolute Gasteiger partial charge is 0.322 e. The molecule has 9 nitrogen and oxygen atoms in total. The van der Waals surface area contributed by atoms with E-state index >= 15 is 0 Å². The van der Waals surface area contributed by atoms with Gasteiger partial charge >= 0.3 is 0 Å². The maximum atomic E-state index is 12.9. The van der Waals surface area contributed by atoms with Crippen LogP contribution in [-0.2, 0) is 42.2 Å². The number of nitrogens with zero attached hydrogens (tertiary/aromatic N) is 2. The fourth-order valence-electron chi connectivity index (χ4n) is 4.47. The molecule has 1 fully saturated rings. The van der Waals surface area contributed by atoms with Crippen molar-refractivity contribution in [3.05, 3.63) is 51.8 Å². The first-order valence-corrected chi connectivity index (χ1v) is 10.3. The molecule has 3 amide bonds. The van der Waals surface area contributed by atoms with Crippen molar-refractivity contribution in [1.29, 1.82) is 0 Å². The molecule has 0 aliphatic carbocycles. The average molecular weight is 408 g/mol. The smallest absolute Gasteiger partial charge is 0.255 e. The number of imide groups is 1. The third-order valence-corrected chi connectivity index (χ3v) is 6.11. The van der Waals surface area contributed by atoms with E-state index < -0.39 is 6.04 Å². The summed E-state index contributed by atoms with van der Waals surface area (Å²) in [5.74, 6) is -0.803. The number of hydrogen-bond acceptors (Lipinski definition) is 6. The summed E-state index contributed by atoms with van der Waals surface area (Å²) >= 11 is 0. The monoisotopic (exact) mass is 408 g/mol. The van der Waals surface area contributed by atoms with Gasteiger partial charge in [0.15, 0.2) is 0 Å². The molecule has 2 aromatic rings. The van der Waals surface area contributed by atoms with Crippen LogP contribution in [0.25, 0.3) is 0 Å². The second-order valence-corrected chi connectivity index (χ2v) is 8.05. The average Bonchev–Trinajstić information content (AvgIpc) is 3.30. The van der Waals surface area contributed by atoms with Crippen LogP contribution < -0.4 is 16.0 Å². The second-order valence-electron chi connectivity index (χ2n) is 8.05. The zero-order chi connectivity index (χ0) is 20.7. The first-order chi connectivity index (χ1) is 14.6. The Kier molecular flexibility index (Phi) is 4.84. The molecule has 1 aromatic heterocycles. The Hall–Kier alpha value is -3.04. The van der Waals surface area contributed by atoms with Crippen LogP contribution in [0.1, 0.15) is 51.3 Å². The molecule has 3 aliphatic rings. The van der Waals surface area contributed by atoms with E-state index in [0.29, 0.717) is 31.6 Å². The van der Waals surface area contributed by atoms with Crippen molar-refractivity contribution in [2.45, 2.75) is 51.5 Å². The molecule has 0 spiro atoms. The quantitative estimate of drug-likeness (QED) is 0.522. The van der Waals surface area contributed by atoms with Gasteiger partial charge in [0, 0.05) is 62.4 Å². The van der Waals surface area contributed by atoms with Crippen molar-refractivity contribution in [1.82, 2.24) is 31.0 Å². The number of benzene rings is 1. The van der Waals surface area contributed by atoms with E-state index in [-0.39, 0.29) is 24.1 Å². The van der Waals surface area contributed by atoms with Crippen LogP contribution in [0.5, 0.6) is 0 Å². The zero-order valence-electron chi connectivity index (χ0n) is 16.6. The van der Waals surface area contributed by atoms with Crippen LogP contribution in [0, 0.1) is 0 Å². The van der Waals surface area contributed by atoms with Crippen molar-refractivity contribution in [3.63, 3.8) is 0 Å². The van der Waals surface area contributed by atoms with Gasteiger partial charge in [-0.2, -0.15) is 5.10 Å². The number of aromatic nitrogens is 2. The van der Waals surface area contributed by atoms with Gasteiger partial charge in [-0.05, 0) is 23.6 Å². The minimum absolute atomic E-state index is 0.145. The number of fused-ring (bicyclic) bond motifs is 2. The topological polar surface area (TPSA) is 119 Å². The van der Waals surface area contributed by atoms with Crippen LogP contribution in [0.3, 0.4) is 0 Å². The summed E-state index contributed by atoms with van der Waals surface area (Å²) in [7, 11) is 0. The Morgan fingerprint density at radius 1 is 1.17 bits per heavy atom. The minimum Gasteiger partial charge on any atom is -0.322 e. The number of nitrogens with one attached hydrogen (secondary N) is 4. The number of carbonyl (C=O) groups excluding carboxylic acids is 3. The van der Waals surface area contributed by atoms with Crippen LogP contribution >= 0.6 is 0 Å². The summed E-state index contributed by atoms with van der Waals surface area (Å²) in [6.07, 6.45) is 1.61. The van der Waals surface area contributed by atoms with E-state index in [1.807, 2.05) is 18.2 Å². The molecule has 156 valence electrons. The third kappa shape index (κ3) is 3.40. The fourth-order valence-corrected chi connectivity index (χ4v) is 4.47. The van der Waals surface area contributed by atoms with Gasteiger partial charge < -0.3 is 15.5 Å². The summed E-state index contributed by atoms with van der Waals surface area (Å²) in [6, 6.07) is 5.28. The Labute approximate surface area is 173 Å². The van der Waals surface area contributed by atoms with Crippen LogP contribution in [0.15, 0.2) is 18.2 Å². The van der Waals surface area contributed by atoms with Crippen LogP contribution in [0.2, 0.25) is 0 Å². The van der Waals surface area contributed by atoms with Gasteiger partial charge in [-0.25, -0.2) is 0 Å². The molecule has 1 saturated heterocycles. The molecule has 1 atom stereocenters. The fraction of sp³-hybridized carbons (Fsp3) is 0.429. The Balaban J connectivity index is 1.23. The highest BCUT2D eigenvalue weighted by Crippen LogP contribution is 2.28. The number of aromatic amines is 1. The van der Waals surface area contributed by atoms with Crippen molar-refractivity contribution < 1.29 is 14.4 Å². The molecule has 30 heavy (non-hydrogen) atoms. The minimum atomic E-state index is -0.580. The number of H-pyrrole nitrogens is 1. The molecule has 1 aromatic carbocycles. The maximum Gasteiger partial charge on any atom is 0.255 e. The van der Waals surface area contributed by atoms with E-state index in [1.165, 1.54) is 11.3 Å². The Morgan fingerprint density at radius 3 is 2.93 bits per heavy atom. The number of carbonyl (C=O) groups is 3. The first-order valence-electron chi connectivity index (χ1n) is 10.3. The molecule has 0 radical (unpaired) electrons. The van der Waals surface area contributed by atoms with Gasteiger partial charge in [-0.15, -0.1) is 0 Å². The highest BCUT2D eigenvalue weighted by atomic mass is 16.2. The SMILES string of the molecule is O=C1CCC(N2Cc3ccc(CNCc4n[nH]c5c4CNCC5)cc3C2=O)C(=O)N1. The van der Waals surface area contributed by atoms with Gasteiger partial charge in [0.2, 0.25) is 11.8 Å². The van der Waals surface area contributed by atoms with Crippen molar-refractivity contribution in [2.24, 2.45) is 0 Å². The normalized spacial score (nSPS) is 20.9. The van der Waals surface area contributed by atoms with Crippen molar-refractivity contribution in [3.8, 4) is 0 Å². The van der Waals surface area contributed by atoms with Crippen molar-refractivity contribution >= 4 is 17.7 Å². The molecular formula is C21H24N6O3. The Morgan fingerprint density at radius 2 is 2.07 bits per heavy atom. The molecule has 4 heterocycles. The molecule has 0 saturated carbocycles. The van der Waals surface area contributed by atoms with Crippen molar-refractivity contribution in [2.75, 3.05) is 6.54 Å². The third-order valence-electron chi connectivity index (χ3n) is 6.11. The summed E-state index contributed by atoms with van der Waals surface area (Å²) in [6.45, 7) is 3.49. The first kappa shape index (κ1) is 19.0. The van der Waals surface area contributed by atoms with E-state index in [4.69, 9.17) is 0 Å². The summed E-state index contributed by atoms with van der Waals surface area (Å²) < 4.78 is 0. The lowest BCUT2D eigenvalue weighted by atomic mass is 10.0. The van der Waals surface area contributed by atoms with E-state index in [2.05, 4.69) is 26.1 Å². The molecule has 1 unspecified atom stereocenters. The molecule has 5 rings (SSSR count). The predicted molar refractivity (Wildman–Crippen MR) is 107 cm³/mol. The van der Waals surface area contributed by atoms with E-state index in [1.54, 1.807) is 4.90 Å². The molecule has 4 N–H and O–H groups in total. The van der Waals surface area contributed by atoms with Gasteiger partial charge in [0.25, 0.3) is 5.91 Å². The molecule has 0 bridgehead atoms. The van der Waals surface area contributed by atoms with Gasteiger partial charge in [0.1, 0.15) is 6.04 Å². The molecule has 3 aliphatic heterocycles. The lowest BCUT2D eigenvalue weighted by Gasteiger charge is -2.29. The standard InChI is InChI=1S/C21H24N6O3/c28-19-4-3-18(20(29)24-19)27-11-13-2-1-12(7-14(13)21(27)30)8-23-10-17-15-9-22-6-5-16(15)25-26-17/h1-2,7,18,22-23H,3-6,8-11H2,(H,25,26)(H,24,28,29). The van der Waals surface area contributed by atoms with Crippen LogP contribution in [-0.4, -0.2) is 45.4 Å². The summed E-state index contributed by atoms with van der Waals surface area (Å²) in [5.41, 5.74) is 6.05. The maximum absolute atomic E-state index is 12.9. The lowest BCUT2D eigenvalue weighted by molar-refractivity contribution is -0.136. The predicted octanol–water partition coefficient (Wildman–Crippen LogP) is 0.106. The van der Waals surface area contributed by atoms with E-state index in [9.17, 15) is 14.4 Å².